The van der Waals surface area contributed by atoms with E-state index >= 15 is 0 Å². The number of carbonyl (C=O) groups excluding carboxylic acids is 2. The van der Waals surface area contributed by atoms with Crippen LogP contribution in [-0.4, -0.2) is 23.1 Å². The molecule has 0 aliphatic carbocycles. The average Bonchev–Trinajstić information content (AvgIpc) is 3.24. The highest BCUT2D eigenvalue weighted by Gasteiger charge is 2.19. The van der Waals surface area contributed by atoms with E-state index in [0.717, 1.165) is 11.4 Å². The summed E-state index contributed by atoms with van der Waals surface area (Å²) in [4.78, 5) is 24.4. The minimum absolute atomic E-state index is 0.323. The summed E-state index contributed by atoms with van der Waals surface area (Å²) in [7, 11) is 0. The molecule has 0 fully saturated rings. The summed E-state index contributed by atoms with van der Waals surface area (Å²) >= 11 is 1.21. The molecule has 0 atom stereocenters. The number of carbonyl (C=O) groups is 2. The van der Waals surface area contributed by atoms with Crippen LogP contribution in [0.2, 0.25) is 0 Å². The minimum atomic E-state index is -0.636. The van der Waals surface area contributed by atoms with E-state index in [-0.39, 0.29) is 5.82 Å². The summed E-state index contributed by atoms with van der Waals surface area (Å²) in [5.74, 6) is -1.51. The molecule has 0 saturated heterocycles. The lowest BCUT2D eigenvalue weighted by Gasteiger charge is -2.10. The fourth-order valence-corrected chi connectivity index (χ4v) is 3.58. The summed E-state index contributed by atoms with van der Waals surface area (Å²) in [6, 6.07) is 11.1. The van der Waals surface area contributed by atoms with Crippen LogP contribution in [0, 0.1) is 31.0 Å². The number of nitriles is 1. The van der Waals surface area contributed by atoms with Gasteiger partial charge in [0.05, 0.1) is 11.1 Å². The Hall–Kier alpha value is -3.44. The van der Waals surface area contributed by atoms with Gasteiger partial charge in [0.1, 0.15) is 16.9 Å². The van der Waals surface area contributed by atoms with Crippen molar-refractivity contribution in [2.45, 2.75) is 13.8 Å². The Kier molecular flexibility index (Phi) is 5.57. The fraction of sp³-hybridized carbons (Fsp3) is 0.150. The van der Waals surface area contributed by atoms with Gasteiger partial charge >= 0.3 is 5.97 Å². The molecule has 0 aliphatic rings. The number of hydrogen-bond acceptors (Lipinski definition) is 5. The fourth-order valence-electron chi connectivity index (χ4n) is 2.82. The molecule has 0 spiro atoms. The number of amides is 1. The Labute approximate surface area is 164 Å². The van der Waals surface area contributed by atoms with Gasteiger partial charge in [-0.15, -0.1) is 11.3 Å². The van der Waals surface area contributed by atoms with Gasteiger partial charge in [0.2, 0.25) is 0 Å². The molecule has 3 rings (SSSR count). The quantitative estimate of drug-likeness (QED) is 0.661. The van der Waals surface area contributed by atoms with Crippen LogP contribution in [0.15, 0.2) is 41.8 Å². The van der Waals surface area contributed by atoms with Gasteiger partial charge in [-0.05, 0) is 55.6 Å². The zero-order valence-electron chi connectivity index (χ0n) is 15.2. The molecule has 0 aliphatic heterocycles. The number of nitrogens with zero attached hydrogens (tertiary/aromatic N) is 2. The molecule has 1 aromatic carbocycles. The van der Waals surface area contributed by atoms with E-state index in [1.807, 2.05) is 13.0 Å². The van der Waals surface area contributed by atoms with Gasteiger partial charge in [-0.25, -0.2) is 9.18 Å². The molecule has 2 heterocycles. The number of esters is 1. The van der Waals surface area contributed by atoms with Crippen molar-refractivity contribution in [3.8, 4) is 11.8 Å². The average molecular weight is 397 g/mol. The van der Waals surface area contributed by atoms with E-state index in [4.69, 9.17) is 10.00 Å². The van der Waals surface area contributed by atoms with Gasteiger partial charge < -0.3 is 14.6 Å². The number of aryl methyl sites for hydroxylation is 1. The Morgan fingerprint density at radius 3 is 2.64 bits per heavy atom. The molecule has 6 nitrogen and oxygen atoms in total. The molecule has 28 heavy (non-hydrogen) atoms. The van der Waals surface area contributed by atoms with Crippen LogP contribution in [-0.2, 0) is 9.53 Å². The highest BCUT2D eigenvalue weighted by Crippen LogP contribution is 2.23. The largest absolute Gasteiger partial charge is 0.452 e. The third-order valence-electron chi connectivity index (χ3n) is 4.11. The van der Waals surface area contributed by atoms with E-state index in [9.17, 15) is 14.0 Å². The van der Waals surface area contributed by atoms with Gasteiger partial charge in [-0.1, -0.05) is 0 Å². The summed E-state index contributed by atoms with van der Waals surface area (Å²) in [6.45, 7) is 3.10. The highest BCUT2D eigenvalue weighted by atomic mass is 32.1. The molecule has 142 valence electrons. The molecule has 0 unspecified atom stereocenters. The second-order valence-corrected chi connectivity index (χ2v) is 6.91. The zero-order valence-corrected chi connectivity index (χ0v) is 16.0. The van der Waals surface area contributed by atoms with Gasteiger partial charge in [-0.2, -0.15) is 5.26 Å². The van der Waals surface area contributed by atoms with Crippen molar-refractivity contribution >= 4 is 28.2 Å². The first-order chi connectivity index (χ1) is 13.4. The topological polar surface area (TPSA) is 84.1 Å². The molecular formula is C20H16FN3O3S. The predicted molar refractivity (Wildman–Crippen MR) is 103 cm³/mol. The third-order valence-corrected chi connectivity index (χ3v) is 4.94. The molecule has 0 radical (unpaired) electrons. The molecule has 2 aromatic heterocycles. The van der Waals surface area contributed by atoms with Crippen molar-refractivity contribution in [1.29, 1.82) is 5.26 Å². The number of aromatic nitrogens is 1. The number of ether oxygens (including phenoxy) is 1. The summed E-state index contributed by atoms with van der Waals surface area (Å²) in [5, 5.41) is 13.6. The number of halogens is 1. The van der Waals surface area contributed by atoms with Crippen molar-refractivity contribution in [2.24, 2.45) is 0 Å². The number of anilines is 1. The van der Waals surface area contributed by atoms with Crippen molar-refractivity contribution in [3.05, 3.63) is 70.1 Å². The summed E-state index contributed by atoms with van der Waals surface area (Å²) in [6.07, 6.45) is 0. The van der Waals surface area contributed by atoms with Gasteiger partial charge in [0, 0.05) is 17.1 Å². The van der Waals surface area contributed by atoms with Crippen molar-refractivity contribution in [3.63, 3.8) is 0 Å². The second-order valence-electron chi connectivity index (χ2n) is 6.00. The van der Waals surface area contributed by atoms with E-state index in [1.165, 1.54) is 23.5 Å². The number of benzene rings is 1. The van der Waals surface area contributed by atoms with Gasteiger partial charge in [0.25, 0.3) is 5.91 Å². The van der Waals surface area contributed by atoms with Gasteiger partial charge in [0.15, 0.2) is 6.61 Å². The van der Waals surface area contributed by atoms with Crippen molar-refractivity contribution in [1.82, 2.24) is 4.57 Å². The maximum absolute atomic E-state index is 13.2. The van der Waals surface area contributed by atoms with Crippen LogP contribution in [0.3, 0.4) is 0 Å². The molecule has 1 N–H and O–H groups in total. The second kappa shape index (κ2) is 8.06. The lowest BCUT2D eigenvalue weighted by atomic mass is 10.2. The van der Waals surface area contributed by atoms with Crippen molar-refractivity contribution < 1.29 is 18.7 Å². The minimum Gasteiger partial charge on any atom is -0.452 e. The predicted octanol–water partition coefficient (Wildman–Crippen LogP) is 3.96. The van der Waals surface area contributed by atoms with E-state index in [1.54, 1.807) is 41.1 Å². The standard InChI is InChI=1S/C20H16FN3O3S/c1-12-9-17(13(2)24(12)16-5-3-15(21)4-6-16)20(26)27-11-18(25)23-19-14(10-22)7-8-28-19/h3-9H,11H2,1-2H3,(H,23,25). The lowest BCUT2D eigenvalue weighted by Crippen LogP contribution is -2.21. The monoisotopic (exact) mass is 397 g/mol. The maximum Gasteiger partial charge on any atom is 0.340 e. The van der Waals surface area contributed by atoms with Crippen LogP contribution in [0.4, 0.5) is 9.39 Å². The Morgan fingerprint density at radius 1 is 1.25 bits per heavy atom. The SMILES string of the molecule is Cc1cc(C(=O)OCC(=O)Nc2sccc2C#N)c(C)n1-c1ccc(F)cc1. The Morgan fingerprint density at radius 2 is 1.96 bits per heavy atom. The number of rotatable bonds is 5. The Balaban J connectivity index is 1.70. The zero-order chi connectivity index (χ0) is 20.3. The van der Waals surface area contributed by atoms with Crippen LogP contribution >= 0.6 is 11.3 Å². The number of thiophene rings is 1. The van der Waals surface area contributed by atoms with Crippen LogP contribution in [0.25, 0.3) is 5.69 Å². The van der Waals surface area contributed by atoms with Crippen LogP contribution in [0.1, 0.15) is 27.3 Å². The third kappa shape index (κ3) is 3.94. The lowest BCUT2D eigenvalue weighted by molar-refractivity contribution is -0.119. The number of hydrogen-bond donors (Lipinski definition) is 1. The molecule has 8 heteroatoms. The molecule has 1 amide bonds. The first-order valence-electron chi connectivity index (χ1n) is 8.30. The molecule has 0 bridgehead atoms. The van der Waals surface area contributed by atoms with E-state index in [2.05, 4.69) is 5.32 Å². The summed E-state index contributed by atoms with van der Waals surface area (Å²) in [5.41, 5.74) is 2.79. The molecule has 3 aromatic rings. The van der Waals surface area contributed by atoms with E-state index in [0.29, 0.717) is 21.8 Å². The van der Waals surface area contributed by atoms with E-state index < -0.39 is 18.5 Å². The van der Waals surface area contributed by atoms with Crippen LogP contribution in [0.5, 0.6) is 0 Å². The summed E-state index contributed by atoms with van der Waals surface area (Å²) < 4.78 is 20.1. The first kappa shape index (κ1) is 19.3. The smallest absolute Gasteiger partial charge is 0.340 e. The molecule has 0 saturated carbocycles. The number of nitrogens with one attached hydrogen (secondary N) is 1. The normalized spacial score (nSPS) is 10.4. The maximum atomic E-state index is 13.2. The Bertz CT molecular complexity index is 1080. The van der Waals surface area contributed by atoms with Crippen LogP contribution < -0.4 is 5.32 Å². The molecular weight excluding hydrogens is 381 g/mol. The van der Waals surface area contributed by atoms with Crippen molar-refractivity contribution in [2.75, 3.05) is 11.9 Å². The highest BCUT2D eigenvalue weighted by molar-refractivity contribution is 7.14. The first-order valence-corrected chi connectivity index (χ1v) is 9.18. The van der Waals surface area contributed by atoms with Gasteiger partial charge in [-0.3, -0.25) is 4.79 Å².